The molecule has 0 amide bonds. The average Bonchev–Trinajstić information content (AvgIpc) is 3.69. The number of carbonyl (C=O) groups excluding carboxylic acids is 2. The Kier molecular flexibility index (Phi) is 8.09. The lowest BCUT2D eigenvalue weighted by atomic mass is 9.79. The molecule has 36 heavy (non-hydrogen) atoms. The van der Waals surface area contributed by atoms with Crippen LogP contribution in [0, 0.1) is 5.92 Å². The zero-order chi connectivity index (χ0) is 25.8. The van der Waals surface area contributed by atoms with E-state index in [1.54, 1.807) is 32.7 Å². The number of benzene rings is 2. The lowest BCUT2D eigenvalue weighted by Crippen LogP contribution is -2.34. The molecule has 2 aliphatic rings. The summed E-state index contributed by atoms with van der Waals surface area (Å²) in [5.74, 6) is -0.228. The SMILES string of the molecule is CCOC(=O)C1=C(C)NC([C@@H]2C[C@H]2c2ccc(OC)cc2)=C(C(=O)OCC)C1c1cccc(SC)c1. The van der Waals surface area contributed by atoms with E-state index in [1.165, 1.54) is 5.56 Å². The van der Waals surface area contributed by atoms with E-state index < -0.39 is 17.9 Å². The van der Waals surface area contributed by atoms with Crippen LogP contribution in [0.5, 0.6) is 5.75 Å². The van der Waals surface area contributed by atoms with E-state index in [4.69, 9.17) is 14.2 Å². The first kappa shape index (κ1) is 25.9. The molecule has 6 nitrogen and oxygen atoms in total. The highest BCUT2D eigenvalue weighted by Crippen LogP contribution is 2.55. The summed E-state index contributed by atoms with van der Waals surface area (Å²) < 4.78 is 16.3. The molecule has 0 spiro atoms. The molecule has 1 fully saturated rings. The molecule has 2 aromatic carbocycles. The van der Waals surface area contributed by atoms with Crippen molar-refractivity contribution in [1.29, 1.82) is 0 Å². The number of nitrogens with one attached hydrogen (secondary N) is 1. The molecule has 4 rings (SSSR count). The number of allylic oxidation sites excluding steroid dienone is 2. The van der Waals surface area contributed by atoms with Gasteiger partial charge in [-0.15, -0.1) is 11.8 Å². The Morgan fingerprint density at radius 1 is 0.944 bits per heavy atom. The number of rotatable bonds is 9. The normalized spacial score (nSPS) is 21.1. The van der Waals surface area contributed by atoms with Gasteiger partial charge in [0.2, 0.25) is 0 Å². The van der Waals surface area contributed by atoms with Crippen molar-refractivity contribution in [3.63, 3.8) is 0 Å². The second-order valence-corrected chi connectivity index (χ2v) is 9.74. The zero-order valence-corrected chi connectivity index (χ0v) is 22.2. The summed E-state index contributed by atoms with van der Waals surface area (Å²) in [6.07, 6.45) is 2.91. The lowest BCUT2D eigenvalue weighted by molar-refractivity contribution is -0.139. The molecule has 0 saturated heterocycles. The number of hydrogen-bond donors (Lipinski definition) is 1. The molecular formula is C29H33NO5S. The van der Waals surface area contributed by atoms with Gasteiger partial charge >= 0.3 is 11.9 Å². The van der Waals surface area contributed by atoms with Crippen LogP contribution in [0.2, 0.25) is 0 Å². The number of thioether (sulfide) groups is 1. The van der Waals surface area contributed by atoms with Crippen LogP contribution in [0.25, 0.3) is 0 Å². The summed E-state index contributed by atoms with van der Waals surface area (Å²) >= 11 is 1.62. The largest absolute Gasteiger partial charge is 0.497 e. The second-order valence-electron chi connectivity index (χ2n) is 8.86. The molecule has 190 valence electrons. The molecule has 1 aliphatic carbocycles. The van der Waals surface area contributed by atoms with Crippen LogP contribution in [-0.2, 0) is 19.1 Å². The van der Waals surface area contributed by atoms with Crippen LogP contribution in [-0.4, -0.2) is 38.5 Å². The van der Waals surface area contributed by atoms with Gasteiger partial charge in [-0.3, -0.25) is 0 Å². The Bertz CT molecular complexity index is 1200. The molecule has 1 unspecified atom stereocenters. The van der Waals surface area contributed by atoms with Crippen molar-refractivity contribution in [2.75, 3.05) is 26.6 Å². The molecule has 1 N–H and O–H groups in total. The van der Waals surface area contributed by atoms with Crippen LogP contribution in [0.1, 0.15) is 50.2 Å². The molecule has 0 bridgehead atoms. The van der Waals surface area contributed by atoms with Crippen molar-refractivity contribution in [2.24, 2.45) is 5.92 Å². The standard InChI is InChI=1S/C29H33NO5S/c1-6-34-28(31)24-17(3)30-27(23-16-22(23)18-11-13-20(33-4)14-12-18)26(29(32)35-7-2)25(24)19-9-8-10-21(15-19)36-5/h8-15,22-23,25,30H,6-7,16H2,1-5H3/t22-,23+,25?/m0/s1. The Labute approximate surface area is 217 Å². The van der Waals surface area contributed by atoms with Gasteiger partial charge in [-0.1, -0.05) is 24.3 Å². The fourth-order valence-corrected chi connectivity index (χ4v) is 5.42. The van der Waals surface area contributed by atoms with Crippen LogP contribution in [0.4, 0.5) is 0 Å². The third kappa shape index (κ3) is 5.16. The lowest BCUT2D eigenvalue weighted by Gasteiger charge is -2.32. The fourth-order valence-electron chi connectivity index (χ4n) is 4.95. The molecular weight excluding hydrogens is 474 g/mol. The highest BCUT2D eigenvalue weighted by molar-refractivity contribution is 7.98. The van der Waals surface area contributed by atoms with Gasteiger partial charge < -0.3 is 19.5 Å². The molecule has 1 aliphatic heterocycles. The first-order valence-corrected chi connectivity index (χ1v) is 13.5. The summed E-state index contributed by atoms with van der Waals surface area (Å²) in [4.78, 5) is 27.8. The molecule has 2 aromatic rings. The quantitative estimate of drug-likeness (QED) is 0.352. The van der Waals surface area contributed by atoms with Crippen molar-refractivity contribution >= 4 is 23.7 Å². The number of dihydropyridines is 1. The van der Waals surface area contributed by atoms with Gasteiger partial charge in [-0.2, -0.15) is 0 Å². The Morgan fingerprint density at radius 3 is 2.22 bits per heavy atom. The highest BCUT2D eigenvalue weighted by Gasteiger charge is 2.48. The summed E-state index contributed by atoms with van der Waals surface area (Å²) in [6, 6.07) is 16.0. The van der Waals surface area contributed by atoms with Crippen LogP contribution >= 0.6 is 11.8 Å². The monoisotopic (exact) mass is 507 g/mol. The molecule has 1 saturated carbocycles. The summed E-state index contributed by atoms with van der Waals surface area (Å²) in [5, 5.41) is 3.44. The Morgan fingerprint density at radius 2 is 1.61 bits per heavy atom. The molecule has 7 heteroatoms. The van der Waals surface area contributed by atoms with Gasteiger partial charge in [-0.25, -0.2) is 9.59 Å². The predicted molar refractivity (Wildman–Crippen MR) is 141 cm³/mol. The number of ether oxygens (including phenoxy) is 3. The summed E-state index contributed by atoms with van der Waals surface area (Å²) in [6.45, 7) is 5.95. The van der Waals surface area contributed by atoms with Crippen molar-refractivity contribution in [1.82, 2.24) is 5.32 Å². The summed E-state index contributed by atoms with van der Waals surface area (Å²) in [5.41, 5.74) is 4.54. The second kappa shape index (κ2) is 11.2. The van der Waals surface area contributed by atoms with Gasteiger partial charge in [0.15, 0.2) is 0 Å². The van der Waals surface area contributed by atoms with E-state index in [0.29, 0.717) is 16.8 Å². The van der Waals surface area contributed by atoms with E-state index in [0.717, 1.165) is 28.3 Å². The average molecular weight is 508 g/mol. The van der Waals surface area contributed by atoms with E-state index in [9.17, 15) is 9.59 Å². The van der Waals surface area contributed by atoms with Crippen LogP contribution < -0.4 is 10.1 Å². The topological polar surface area (TPSA) is 73.9 Å². The number of carbonyl (C=O) groups is 2. The Balaban J connectivity index is 1.83. The van der Waals surface area contributed by atoms with Gasteiger partial charge in [0.05, 0.1) is 37.4 Å². The van der Waals surface area contributed by atoms with Crippen molar-refractivity contribution < 1.29 is 23.8 Å². The van der Waals surface area contributed by atoms with Crippen molar-refractivity contribution in [3.8, 4) is 5.75 Å². The van der Waals surface area contributed by atoms with Crippen molar-refractivity contribution in [3.05, 3.63) is 82.2 Å². The minimum absolute atomic E-state index is 0.114. The zero-order valence-electron chi connectivity index (χ0n) is 21.4. The van der Waals surface area contributed by atoms with E-state index in [-0.39, 0.29) is 25.0 Å². The Hall–Kier alpha value is -3.19. The number of esters is 2. The third-order valence-electron chi connectivity index (χ3n) is 6.72. The maximum Gasteiger partial charge on any atom is 0.336 e. The van der Waals surface area contributed by atoms with Crippen LogP contribution in [0.15, 0.2) is 76.0 Å². The predicted octanol–water partition coefficient (Wildman–Crippen LogP) is 5.56. The van der Waals surface area contributed by atoms with E-state index in [1.807, 2.05) is 49.6 Å². The number of hydrogen-bond acceptors (Lipinski definition) is 7. The van der Waals surface area contributed by atoms with Gasteiger partial charge in [0, 0.05) is 22.2 Å². The maximum absolute atomic E-state index is 13.5. The molecule has 0 radical (unpaired) electrons. The highest BCUT2D eigenvalue weighted by atomic mass is 32.2. The number of methoxy groups -OCH3 is 1. The van der Waals surface area contributed by atoms with Crippen molar-refractivity contribution in [2.45, 2.75) is 43.9 Å². The molecule has 0 aromatic heterocycles. The minimum atomic E-state index is -0.580. The minimum Gasteiger partial charge on any atom is -0.497 e. The maximum atomic E-state index is 13.5. The van der Waals surface area contributed by atoms with E-state index in [2.05, 4.69) is 17.4 Å². The smallest absolute Gasteiger partial charge is 0.336 e. The first-order chi connectivity index (χ1) is 17.4. The van der Waals surface area contributed by atoms with Gasteiger partial charge in [0.1, 0.15) is 5.75 Å². The third-order valence-corrected chi connectivity index (χ3v) is 7.44. The summed E-state index contributed by atoms with van der Waals surface area (Å²) in [7, 11) is 1.65. The van der Waals surface area contributed by atoms with Gasteiger partial charge in [0.25, 0.3) is 0 Å². The van der Waals surface area contributed by atoms with Crippen LogP contribution in [0.3, 0.4) is 0 Å². The van der Waals surface area contributed by atoms with Gasteiger partial charge in [-0.05, 0) is 74.8 Å². The van der Waals surface area contributed by atoms with E-state index >= 15 is 0 Å². The first-order valence-electron chi connectivity index (χ1n) is 12.3. The molecule has 3 atom stereocenters. The molecule has 1 heterocycles. The fraction of sp³-hybridized carbons (Fsp3) is 0.379.